The summed E-state index contributed by atoms with van der Waals surface area (Å²) in [5, 5.41) is 0. The van der Waals surface area contributed by atoms with Crippen LogP contribution in [0.5, 0.6) is 0 Å². The summed E-state index contributed by atoms with van der Waals surface area (Å²) in [5.74, 6) is 0.107. The van der Waals surface area contributed by atoms with Crippen molar-refractivity contribution in [3.8, 4) is 0 Å². The van der Waals surface area contributed by atoms with E-state index in [2.05, 4.69) is 19.6 Å². The van der Waals surface area contributed by atoms with Gasteiger partial charge in [-0.15, -0.1) is 0 Å². The van der Waals surface area contributed by atoms with Gasteiger partial charge in [0.2, 0.25) is 0 Å². The molecule has 0 unspecified atom stereocenters. The van der Waals surface area contributed by atoms with E-state index in [4.69, 9.17) is 0 Å². The van der Waals surface area contributed by atoms with Crippen LogP contribution in [0, 0.1) is 0 Å². The molecule has 2 aromatic rings. The van der Waals surface area contributed by atoms with Crippen molar-refractivity contribution in [3.63, 3.8) is 0 Å². The standard InChI is InChI=1S/C17H14O/c1-3-12-8-9-15-16(10-12)11(2)13-6-4-5-7-14(13)17(15)18/h4-10H,2-3H2,1H3. The van der Waals surface area contributed by atoms with Crippen LogP contribution in [-0.2, 0) is 6.42 Å². The molecule has 0 aromatic heterocycles. The third-order valence-electron chi connectivity index (χ3n) is 3.56. The minimum atomic E-state index is 0.107. The molecule has 0 heterocycles. The number of fused-ring (bicyclic) bond motifs is 2. The highest BCUT2D eigenvalue weighted by Gasteiger charge is 2.25. The number of carbonyl (C=O) groups excluding carboxylic acids is 1. The first-order chi connectivity index (χ1) is 8.72. The SMILES string of the molecule is C=C1c2ccccc2C(=O)c2ccc(CC)cc21. The number of hydrogen-bond donors (Lipinski definition) is 0. The Balaban J connectivity index is 2.27. The van der Waals surface area contributed by atoms with Gasteiger partial charge < -0.3 is 0 Å². The summed E-state index contributed by atoms with van der Waals surface area (Å²) < 4.78 is 0. The summed E-state index contributed by atoms with van der Waals surface area (Å²) in [5.41, 5.74) is 5.68. The third-order valence-corrected chi connectivity index (χ3v) is 3.56. The van der Waals surface area contributed by atoms with Gasteiger partial charge in [-0.05, 0) is 28.7 Å². The maximum absolute atomic E-state index is 12.4. The number of ketones is 1. The quantitative estimate of drug-likeness (QED) is 0.625. The molecule has 2 aromatic carbocycles. The Kier molecular flexibility index (Phi) is 2.41. The van der Waals surface area contributed by atoms with Crippen LogP contribution in [0.2, 0.25) is 0 Å². The molecule has 1 aliphatic rings. The van der Waals surface area contributed by atoms with E-state index in [0.29, 0.717) is 0 Å². The molecule has 0 spiro atoms. The van der Waals surface area contributed by atoms with Crippen molar-refractivity contribution in [2.75, 3.05) is 0 Å². The molecule has 0 aliphatic heterocycles. The Hall–Kier alpha value is -2.15. The maximum atomic E-state index is 12.4. The van der Waals surface area contributed by atoms with Gasteiger partial charge in [-0.25, -0.2) is 0 Å². The largest absolute Gasteiger partial charge is 0.289 e. The molecule has 1 nitrogen and oxygen atoms in total. The fourth-order valence-corrected chi connectivity index (χ4v) is 2.49. The van der Waals surface area contributed by atoms with Gasteiger partial charge in [-0.1, -0.05) is 56.0 Å². The van der Waals surface area contributed by atoms with Crippen LogP contribution in [-0.4, -0.2) is 5.78 Å². The molecule has 0 fully saturated rings. The second-order valence-corrected chi connectivity index (χ2v) is 4.59. The van der Waals surface area contributed by atoms with Gasteiger partial charge in [0.15, 0.2) is 5.78 Å². The highest BCUT2D eigenvalue weighted by atomic mass is 16.1. The average Bonchev–Trinajstić information content (AvgIpc) is 2.44. The lowest BCUT2D eigenvalue weighted by atomic mass is 9.81. The lowest BCUT2D eigenvalue weighted by molar-refractivity contribution is 0.103. The van der Waals surface area contributed by atoms with E-state index in [1.807, 2.05) is 36.4 Å². The molecule has 0 N–H and O–H groups in total. The van der Waals surface area contributed by atoms with Gasteiger partial charge in [0.25, 0.3) is 0 Å². The molecular weight excluding hydrogens is 220 g/mol. The first-order valence-corrected chi connectivity index (χ1v) is 6.18. The first kappa shape index (κ1) is 11.0. The van der Waals surface area contributed by atoms with E-state index < -0.39 is 0 Å². The van der Waals surface area contributed by atoms with Gasteiger partial charge in [0.1, 0.15) is 0 Å². The first-order valence-electron chi connectivity index (χ1n) is 6.18. The smallest absolute Gasteiger partial charge is 0.194 e. The molecule has 0 saturated heterocycles. The minimum Gasteiger partial charge on any atom is -0.289 e. The number of aryl methyl sites for hydroxylation is 1. The Morgan fingerprint density at radius 1 is 0.944 bits per heavy atom. The molecule has 0 radical (unpaired) electrons. The molecule has 0 atom stereocenters. The normalized spacial score (nSPS) is 13.2. The Bertz CT molecular complexity index is 665. The van der Waals surface area contributed by atoms with Crippen molar-refractivity contribution < 1.29 is 4.79 Å². The molecule has 0 amide bonds. The lowest BCUT2D eigenvalue weighted by Crippen LogP contribution is -2.14. The van der Waals surface area contributed by atoms with E-state index in [1.165, 1.54) is 5.56 Å². The second-order valence-electron chi connectivity index (χ2n) is 4.59. The fraction of sp³-hybridized carbons (Fsp3) is 0.118. The zero-order chi connectivity index (χ0) is 12.7. The molecule has 18 heavy (non-hydrogen) atoms. The molecule has 1 aliphatic carbocycles. The summed E-state index contributed by atoms with van der Waals surface area (Å²) in [6.07, 6.45) is 0.969. The predicted octanol–water partition coefficient (Wildman–Crippen LogP) is 3.85. The van der Waals surface area contributed by atoms with Crippen LogP contribution in [0.15, 0.2) is 49.0 Å². The minimum absolute atomic E-state index is 0.107. The second kappa shape index (κ2) is 3.95. The van der Waals surface area contributed by atoms with Gasteiger partial charge in [-0.3, -0.25) is 4.79 Å². The van der Waals surface area contributed by atoms with Crippen molar-refractivity contribution in [1.82, 2.24) is 0 Å². The van der Waals surface area contributed by atoms with E-state index in [1.54, 1.807) is 0 Å². The number of hydrogen-bond acceptors (Lipinski definition) is 1. The van der Waals surface area contributed by atoms with Crippen molar-refractivity contribution in [2.45, 2.75) is 13.3 Å². The van der Waals surface area contributed by atoms with Crippen LogP contribution in [0.4, 0.5) is 0 Å². The van der Waals surface area contributed by atoms with Crippen LogP contribution in [0.1, 0.15) is 39.5 Å². The molecule has 1 heteroatoms. The maximum Gasteiger partial charge on any atom is 0.194 e. The third kappa shape index (κ3) is 1.44. The monoisotopic (exact) mass is 234 g/mol. The van der Waals surface area contributed by atoms with Crippen molar-refractivity contribution in [3.05, 3.63) is 76.9 Å². The van der Waals surface area contributed by atoms with E-state index >= 15 is 0 Å². The zero-order valence-electron chi connectivity index (χ0n) is 10.4. The van der Waals surface area contributed by atoms with Gasteiger partial charge in [0, 0.05) is 11.1 Å². The van der Waals surface area contributed by atoms with Crippen LogP contribution >= 0.6 is 0 Å². The zero-order valence-corrected chi connectivity index (χ0v) is 10.4. The van der Waals surface area contributed by atoms with Gasteiger partial charge in [0.05, 0.1) is 0 Å². The van der Waals surface area contributed by atoms with Crippen molar-refractivity contribution >= 4 is 11.4 Å². The van der Waals surface area contributed by atoms with Crippen molar-refractivity contribution in [2.24, 2.45) is 0 Å². The van der Waals surface area contributed by atoms with E-state index in [-0.39, 0.29) is 5.78 Å². The number of benzene rings is 2. The highest BCUT2D eigenvalue weighted by Crippen LogP contribution is 2.35. The Morgan fingerprint density at radius 2 is 1.61 bits per heavy atom. The topological polar surface area (TPSA) is 17.1 Å². The van der Waals surface area contributed by atoms with E-state index in [0.717, 1.165) is 34.2 Å². The summed E-state index contributed by atoms with van der Waals surface area (Å²) in [6, 6.07) is 13.7. The molecule has 0 saturated carbocycles. The summed E-state index contributed by atoms with van der Waals surface area (Å²) in [4.78, 5) is 12.4. The lowest BCUT2D eigenvalue weighted by Gasteiger charge is -2.21. The average molecular weight is 234 g/mol. The molecule has 3 rings (SSSR count). The predicted molar refractivity (Wildman–Crippen MR) is 73.8 cm³/mol. The van der Waals surface area contributed by atoms with Crippen molar-refractivity contribution in [1.29, 1.82) is 0 Å². The van der Waals surface area contributed by atoms with Gasteiger partial charge in [-0.2, -0.15) is 0 Å². The Labute approximate surface area is 107 Å². The molecular formula is C17H14O. The summed E-state index contributed by atoms with van der Waals surface area (Å²) in [6.45, 7) is 6.27. The van der Waals surface area contributed by atoms with Gasteiger partial charge >= 0.3 is 0 Å². The summed E-state index contributed by atoms with van der Waals surface area (Å²) in [7, 11) is 0. The Morgan fingerprint density at radius 3 is 2.33 bits per heavy atom. The molecule has 88 valence electrons. The van der Waals surface area contributed by atoms with Crippen LogP contribution in [0.25, 0.3) is 5.57 Å². The van der Waals surface area contributed by atoms with Crippen LogP contribution < -0.4 is 0 Å². The highest BCUT2D eigenvalue weighted by molar-refractivity contribution is 6.18. The number of carbonyl (C=O) groups is 1. The number of rotatable bonds is 1. The summed E-state index contributed by atoms with van der Waals surface area (Å²) >= 11 is 0. The molecule has 0 bridgehead atoms. The van der Waals surface area contributed by atoms with E-state index in [9.17, 15) is 4.79 Å². The van der Waals surface area contributed by atoms with Crippen LogP contribution in [0.3, 0.4) is 0 Å². The fourth-order valence-electron chi connectivity index (χ4n) is 2.49.